The van der Waals surface area contributed by atoms with Crippen LogP contribution in [0, 0.1) is 10.1 Å². The molecular formula is C29H40N6O5. The Hall–Kier alpha value is -4.02. The topological polar surface area (TPSA) is 134 Å². The predicted octanol–water partition coefficient (Wildman–Crippen LogP) is 4.17. The smallest absolute Gasteiger partial charge is 0.407 e. The molecule has 3 aliphatic heterocycles. The lowest BCUT2D eigenvalue weighted by Gasteiger charge is -2.25. The fraction of sp³-hybridized carbons (Fsp3) is 0.517. The van der Waals surface area contributed by atoms with Crippen LogP contribution in [0.25, 0.3) is 0 Å². The first-order valence-electron chi connectivity index (χ1n) is 13.9. The number of nitrogens with zero attached hydrogens (tertiary/aromatic N) is 4. The number of rotatable bonds is 5. The summed E-state index contributed by atoms with van der Waals surface area (Å²) in [7, 11) is 0. The Labute approximate surface area is 235 Å². The second-order valence-electron chi connectivity index (χ2n) is 11.5. The summed E-state index contributed by atoms with van der Waals surface area (Å²) in [4.78, 5) is 40.2. The number of hydrogen-bond acceptors (Lipinski definition) is 8. The molecule has 2 atom stereocenters. The number of nitrogen functional groups attached to an aromatic ring is 1. The molecule has 3 saturated heterocycles. The predicted molar refractivity (Wildman–Crippen MR) is 156 cm³/mol. The molecular weight excluding hydrogens is 512 g/mol. The molecule has 3 N–H and O–H groups in total. The molecule has 0 aliphatic carbocycles. The summed E-state index contributed by atoms with van der Waals surface area (Å²) in [5.41, 5.74) is 8.18. The van der Waals surface area contributed by atoms with Crippen LogP contribution in [0.2, 0.25) is 0 Å². The van der Waals surface area contributed by atoms with Crippen molar-refractivity contribution in [2.24, 2.45) is 0 Å². The number of nitro groups is 1. The Balaban J connectivity index is 0.000000188. The zero-order valence-corrected chi connectivity index (χ0v) is 23.5. The zero-order chi connectivity index (χ0) is 28.9. The number of ether oxygens (including phenoxy) is 1. The van der Waals surface area contributed by atoms with Crippen LogP contribution in [-0.2, 0) is 9.53 Å². The number of nitro benzene ring substituents is 1. The van der Waals surface area contributed by atoms with Crippen molar-refractivity contribution >= 4 is 34.7 Å². The quantitative estimate of drug-likeness (QED) is 0.321. The lowest BCUT2D eigenvalue weighted by molar-refractivity contribution is -0.384. The first-order valence-corrected chi connectivity index (χ1v) is 13.9. The molecule has 0 bridgehead atoms. The summed E-state index contributed by atoms with van der Waals surface area (Å²) >= 11 is 0. The van der Waals surface area contributed by atoms with Gasteiger partial charge in [-0.25, -0.2) is 4.79 Å². The van der Waals surface area contributed by atoms with Gasteiger partial charge in [-0.15, -0.1) is 0 Å². The molecule has 1 unspecified atom stereocenters. The largest absolute Gasteiger partial charge is 0.444 e. The maximum atomic E-state index is 11.8. The van der Waals surface area contributed by atoms with E-state index in [2.05, 4.69) is 32.1 Å². The van der Waals surface area contributed by atoms with Gasteiger partial charge in [0.05, 0.1) is 17.0 Å². The second kappa shape index (κ2) is 12.4. The van der Waals surface area contributed by atoms with E-state index in [0.29, 0.717) is 18.5 Å². The fourth-order valence-corrected chi connectivity index (χ4v) is 5.34. The SMILES string of the molecule is CC(C)(C)OC(=O)NC1CCN(c2ccc([N+](=O)[O-])cc2)C1.Nc1ccc(N2CC[C@@H](N3CCCC3=O)C2)cc1. The van der Waals surface area contributed by atoms with E-state index in [1.807, 2.05) is 32.9 Å². The van der Waals surface area contributed by atoms with E-state index >= 15 is 0 Å². The molecule has 3 aliphatic rings. The van der Waals surface area contributed by atoms with Crippen molar-refractivity contribution in [3.05, 3.63) is 58.6 Å². The van der Waals surface area contributed by atoms with E-state index in [-0.39, 0.29) is 11.7 Å². The van der Waals surface area contributed by atoms with E-state index in [1.165, 1.54) is 17.8 Å². The van der Waals surface area contributed by atoms with E-state index < -0.39 is 16.6 Å². The maximum Gasteiger partial charge on any atom is 0.407 e. The summed E-state index contributed by atoms with van der Waals surface area (Å²) in [6.07, 6.45) is 3.24. The summed E-state index contributed by atoms with van der Waals surface area (Å²) in [5, 5.41) is 13.5. The minimum atomic E-state index is -0.513. The van der Waals surface area contributed by atoms with Gasteiger partial charge in [-0.2, -0.15) is 0 Å². The monoisotopic (exact) mass is 552 g/mol. The minimum absolute atomic E-state index is 0.0186. The molecule has 0 aromatic heterocycles. The third kappa shape index (κ3) is 7.77. The van der Waals surface area contributed by atoms with Crippen molar-refractivity contribution in [1.29, 1.82) is 0 Å². The highest BCUT2D eigenvalue weighted by Crippen LogP contribution is 2.26. The number of benzene rings is 2. The number of nitrogens with two attached hydrogens (primary N) is 1. The van der Waals surface area contributed by atoms with Crippen LogP contribution in [0.4, 0.5) is 27.5 Å². The number of carbonyl (C=O) groups excluding carboxylic acids is 2. The lowest BCUT2D eigenvalue weighted by Crippen LogP contribution is -2.40. The van der Waals surface area contributed by atoms with Gasteiger partial charge in [-0.05, 0) is 76.4 Å². The minimum Gasteiger partial charge on any atom is -0.444 e. The van der Waals surface area contributed by atoms with Crippen LogP contribution in [-0.4, -0.2) is 72.2 Å². The average molecular weight is 553 g/mol. The summed E-state index contributed by atoms with van der Waals surface area (Å²) in [6, 6.07) is 14.8. The van der Waals surface area contributed by atoms with Crippen LogP contribution < -0.4 is 20.9 Å². The Bertz CT molecular complexity index is 1180. The summed E-state index contributed by atoms with van der Waals surface area (Å²) in [6.45, 7) is 9.85. The Morgan fingerprint density at radius 3 is 2.15 bits per heavy atom. The van der Waals surface area contributed by atoms with Crippen LogP contribution in [0.3, 0.4) is 0 Å². The van der Waals surface area contributed by atoms with E-state index in [0.717, 1.165) is 63.2 Å². The number of hydrogen-bond donors (Lipinski definition) is 2. The molecule has 5 rings (SSSR count). The van der Waals surface area contributed by atoms with Crippen molar-refractivity contribution in [1.82, 2.24) is 10.2 Å². The lowest BCUT2D eigenvalue weighted by atomic mass is 10.2. The van der Waals surface area contributed by atoms with Gasteiger partial charge in [0.1, 0.15) is 5.60 Å². The van der Waals surface area contributed by atoms with Gasteiger partial charge in [-0.3, -0.25) is 14.9 Å². The molecule has 2 aromatic rings. The van der Waals surface area contributed by atoms with Crippen LogP contribution in [0.5, 0.6) is 0 Å². The van der Waals surface area contributed by atoms with Crippen molar-refractivity contribution in [2.45, 2.75) is 64.1 Å². The van der Waals surface area contributed by atoms with E-state index in [1.54, 1.807) is 12.1 Å². The molecule has 0 radical (unpaired) electrons. The molecule has 216 valence electrons. The molecule has 40 heavy (non-hydrogen) atoms. The van der Waals surface area contributed by atoms with Crippen LogP contribution >= 0.6 is 0 Å². The molecule has 11 heteroatoms. The Morgan fingerprint density at radius 1 is 0.975 bits per heavy atom. The highest BCUT2D eigenvalue weighted by atomic mass is 16.6. The summed E-state index contributed by atoms with van der Waals surface area (Å²) < 4.78 is 5.24. The maximum absolute atomic E-state index is 11.8. The Morgan fingerprint density at radius 2 is 1.57 bits per heavy atom. The summed E-state index contributed by atoms with van der Waals surface area (Å²) in [5.74, 6) is 0.333. The number of nitrogens with one attached hydrogen (secondary N) is 1. The number of non-ortho nitro benzene ring substituents is 1. The number of likely N-dealkylation sites (tertiary alicyclic amines) is 1. The van der Waals surface area contributed by atoms with Crippen molar-refractivity contribution in [3.8, 4) is 0 Å². The highest BCUT2D eigenvalue weighted by molar-refractivity contribution is 5.78. The van der Waals surface area contributed by atoms with Crippen LogP contribution in [0.1, 0.15) is 46.5 Å². The van der Waals surface area contributed by atoms with Gasteiger partial charge in [-0.1, -0.05) is 0 Å². The molecule has 3 heterocycles. The first kappa shape index (κ1) is 29.0. The average Bonchev–Trinajstić information content (AvgIpc) is 3.65. The molecule has 0 saturated carbocycles. The second-order valence-corrected chi connectivity index (χ2v) is 11.5. The van der Waals surface area contributed by atoms with Crippen molar-refractivity contribution < 1.29 is 19.2 Å². The van der Waals surface area contributed by atoms with Gasteiger partial charge in [0.2, 0.25) is 5.91 Å². The standard InChI is InChI=1S/C15H21N3O4.C14H19N3O/c1-15(2,3)22-14(19)16-11-8-9-17(10-11)12-4-6-13(7-5-12)18(20)21;15-11-3-5-12(6-4-11)16-9-7-13(10-16)17-8-1-2-14(17)18/h4-7,11H,8-10H2,1-3H3,(H,16,19);3-6,13H,1-2,7-10,15H2/t;13-/m.1/s1. The number of carbonyl (C=O) groups is 2. The molecule has 2 amide bonds. The Kier molecular flexibility index (Phi) is 9.01. The van der Waals surface area contributed by atoms with Crippen LogP contribution in [0.15, 0.2) is 48.5 Å². The molecule has 2 aromatic carbocycles. The molecule has 3 fully saturated rings. The number of alkyl carbamates (subject to hydrolysis) is 1. The van der Waals surface area contributed by atoms with E-state index in [9.17, 15) is 19.7 Å². The highest BCUT2D eigenvalue weighted by Gasteiger charge is 2.33. The van der Waals surface area contributed by atoms with E-state index in [4.69, 9.17) is 10.5 Å². The van der Waals surface area contributed by atoms with Gasteiger partial charge >= 0.3 is 6.09 Å². The van der Waals surface area contributed by atoms with Crippen molar-refractivity contribution in [3.63, 3.8) is 0 Å². The van der Waals surface area contributed by atoms with Gasteiger partial charge < -0.3 is 30.5 Å². The number of anilines is 3. The zero-order valence-electron chi connectivity index (χ0n) is 23.5. The fourth-order valence-electron chi connectivity index (χ4n) is 5.34. The number of amides is 2. The third-order valence-electron chi connectivity index (χ3n) is 7.31. The third-order valence-corrected chi connectivity index (χ3v) is 7.31. The molecule has 0 spiro atoms. The van der Waals surface area contributed by atoms with Gasteiger partial charge in [0.25, 0.3) is 5.69 Å². The first-order chi connectivity index (χ1) is 19.0. The molecule has 11 nitrogen and oxygen atoms in total. The van der Waals surface area contributed by atoms with Gasteiger partial charge in [0.15, 0.2) is 0 Å². The normalized spacial score (nSPS) is 20.8. The van der Waals surface area contributed by atoms with Crippen molar-refractivity contribution in [2.75, 3.05) is 48.3 Å². The van der Waals surface area contributed by atoms with Gasteiger partial charge in [0, 0.05) is 68.3 Å².